The molecular weight excluding hydrogens is 286 g/mol. The minimum Gasteiger partial charge on any atom is -0.366 e. The number of amides is 1. The quantitative estimate of drug-likeness (QED) is 0.504. The molecule has 0 saturated heterocycles. The first-order chi connectivity index (χ1) is 10.1. The summed E-state index contributed by atoms with van der Waals surface area (Å²) in [5.41, 5.74) is 14.2. The second kappa shape index (κ2) is 5.23. The first-order valence-electron chi connectivity index (χ1n) is 6.48. The van der Waals surface area contributed by atoms with Gasteiger partial charge in [-0.3, -0.25) is 10.5 Å². The van der Waals surface area contributed by atoms with Crippen LogP contribution in [0.2, 0.25) is 0 Å². The van der Waals surface area contributed by atoms with Crippen molar-refractivity contribution in [3.63, 3.8) is 0 Å². The molecule has 3 aromatic rings. The number of aromatic amines is 1. The summed E-state index contributed by atoms with van der Waals surface area (Å²) in [4.78, 5) is 14.8. The van der Waals surface area contributed by atoms with E-state index < -0.39 is 11.3 Å². The average molecular weight is 300 g/mol. The second-order valence-corrected chi connectivity index (χ2v) is 5.69. The topological polar surface area (TPSA) is 102 Å². The van der Waals surface area contributed by atoms with Gasteiger partial charge in [-0.15, -0.1) is 0 Å². The lowest BCUT2D eigenvalue weighted by atomic mass is 10.0. The number of primary amides is 1. The van der Waals surface area contributed by atoms with E-state index in [4.69, 9.17) is 11.5 Å². The third kappa shape index (κ3) is 2.28. The van der Waals surface area contributed by atoms with Gasteiger partial charge in [-0.2, -0.15) is 0 Å². The van der Waals surface area contributed by atoms with Crippen molar-refractivity contribution in [3.05, 3.63) is 47.5 Å². The molecule has 0 aliphatic carbocycles. The van der Waals surface area contributed by atoms with Crippen molar-refractivity contribution in [2.75, 3.05) is 0 Å². The van der Waals surface area contributed by atoms with Crippen LogP contribution in [0.3, 0.4) is 0 Å². The Hall–Kier alpha value is -2.31. The molecule has 5 nitrogen and oxygen atoms in total. The van der Waals surface area contributed by atoms with Crippen molar-refractivity contribution in [2.24, 2.45) is 11.5 Å². The largest absolute Gasteiger partial charge is 0.479 e. The van der Waals surface area contributed by atoms with E-state index in [1.54, 1.807) is 6.07 Å². The van der Waals surface area contributed by atoms with Crippen molar-refractivity contribution in [3.8, 4) is 0 Å². The third-order valence-corrected chi connectivity index (χ3v) is 3.97. The number of para-hydroxylation sites is 1. The maximum atomic E-state index is 11.6. The van der Waals surface area contributed by atoms with Crippen LogP contribution in [0.1, 0.15) is 15.9 Å². The third-order valence-electron chi connectivity index (χ3n) is 3.56. The number of fused-ring (bicyclic) bond motifs is 3. The highest BCUT2D eigenvalue weighted by atomic mass is 32.1. The Balaban J connectivity index is 2.36. The van der Waals surface area contributed by atoms with Gasteiger partial charge in [0.2, 0.25) is 0 Å². The number of benzene rings is 2. The molecule has 1 amide bonds. The zero-order valence-corrected chi connectivity index (χ0v) is 11.9. The Kier molecular flexibility index (Phi) is 3.40. The van der Waals surface area contributed by atoms with Crippen LogP contribution in [0.25, 0.3) is 21.8 Å². The van der Waals surface area contributed by atoms with Gasteiger partial charge in [0.15, 0.2) is 0 Å². The Morgan fingerprint density at radius 3 is 2.71 bits per heavy atom. The number of nitrogens with two attached hydrogens (primary N) is 2. The smallest absolute Gasteiger partial charge is 0.366 e. The zero-order valence-electron chi connectivity index (χ0n) is 11.1. The first kappa shape index (κ1) is 13.7. The summed E-state index contributed by atoms with van der Waals surface area (Å²) in [5, 5.41) is 1.38. The van der Waals surface area contributed by atoms with E-state index in [-0.39, 0.29) is 0 Å². The lowest BCUT2D eigenvalue weighted by Crippen LogP contribution is -2.21. The van der Waals surface area contributed by atoms with Gasteiger partial charge in [0.1, 0.15) is 0 Å². The average Bonchev–Trinajstić information content (AvgIpc) is 2.86. The molecule has 1 aromatic heterocycles. The molecule has 1 unspecified atom stereocenters. The van der Waals surface area contributed by atoms with Crippen LogP contribution in [0.15, 0.2) is 36.4 Å². The Bertz CT molecular complexity index is 857. The molecule has 0 aliphatic heterocycles. The van der Waals surface area contributed by atoms with Crippen molar-refractivity contribution < 1.29 is 9.00 Å². The summed E-state index contributed by atoms with van der Waals surface area (Å²) >= 11 is 0.373. The van der Waals surface area contributed by atoms with Gasteiger partial charge in [0.25, 0.3) is 11.3 Å². The maximum Gasteiger partial charge on any atom is 0.479 e. The molecule has 6 heteroatoms. The number of carbonyl (C=O) groups excluding carboxylic acids is 1. The summed E-state index contributed by atoms with van der Waals surface area (Å²) in [6.07, 6.45) is 0.436. The van der Waals surface area contributed by atoms with Crippen LogP contribution >= 0.6 is 0 Å². The molecule has 21 heavy (non-hydrogen) atoms. The zero-order chi connectivity index (χ0) is 15.0. The minimum atomic E-state index is -0.527. The number of H-pyrrole nitrogens is 1. The molecule has 3 rings (SSSR count). The predicted molar refractivity (Wildman–Crippen MR) is 84.1 cm³/mol. The number of rotatable bonds is 4. The molecule has 0 bridgehead atoms. The van der Waals surface area contributed by atoms with E-state index in [0.29, 0.717) is 29.2 Å². The van der Waals surface area contributed by atoms with E-state index in [0.717, 1.165) is 21.9 Å². The van der Waals surface area contributed by atoms with Gasteiger partial charge in [-0.05, 0) is 17.7 Å². The number of nitrogens with one attached hydrogen (secondary N) is 1. The van der Waals surface area contributed by atoms with E-state index in [1.807, 2.05) is 30.3 Å². The summed E-state index contributed by atoms with van der Waals surface area (Å²) in [6, 6.07) is 11.2. The molecule has 2 aromatic carbocycles. The van der Waals surface area contributed by atoms with E-state index >= 15 is 0 Å². The first-order valence-corrected chi connectivity index (χ1v) is 7.28. The van der Waals surface area contributed by atoms with Gasteiger partial charge in [0.05, 0.1) is 11.1 Å². The Morgan fingerprint density at radius 2 is 2.00 bits per heavy atom. The van der Waals surface area contributed by atoms with E-state index in [9.17, 15) is 9.00 Å². The number of aromatic nitrogens is 1. The molecular formula is C15H14N3O2S+. The Morgan fingerprint density at radius 1 is 1.24 bits per heavy atom. The molecule has 0 aliphatic rings. The minimum absolute atomic E-state index is 0.373. The van der Waals surface area contributed by atoms with Gasteiger partial charge in [-0.1, -0.05) is 24.3 Å². The SMILES string of the molecule is NC(=O)c1ccc(CC(N)[S+]=O)c2c1[nH]c1ccccc12. The number of hydrogen-bond acceptors (Lipinski definition) is 3. The highest BCUT2D eigenvalue weighted by molar-refractivity contribution is 7.66. The van der Waals surface area contributed by atoms with Crippen molar-refractivity contribution in [2.45, 2.75) is 11.8 Å². The highest BCUT2D eigenvalue weighted by Gasteiger charge is 2.21. The molecule has 106 valence electrons. The fourth-order valence-electron chi connectivity index (χ4n) is 2.65. The maximum absolute atomic E-state index is 11.6. The monoisotopic (exact) mass is 300 g/mol. The lowest BCUT2D eigenvalue weighted by molar-refractivity contribution is 0.100. The summed E-state index contributed by atoms with van der Waals surface area (Å²) < 4.78 is 10.9. The normalized spacial score (nSPS) is 12.6. The molecule has 0 spiro atoms. The molecule has 5 N–H and O–H groups in total. The molecule has 0 radical (unpaired) electrons. The molecule has 1 heterocycles. The van der Waals surface area contributed by atoms with Crippen LogP contribution < -0.4 is 11.5 Å². The van der Waals surface area contributed by atoms with Gasteiger partial charge < -0.3 is 10.7 Å². The summed E-state index contributed by atoms with van der Waals surface area (Å²) in [6.45, 7) is 0. The van der Waals surface area contributed by atoms with Gasteiger partial charge in [0, 0.05) is 26.9 Å². The Labute approximate surface area is 124 Å². The molecule has 1 atom stereocenters. The fourth-order valence-corrected chi connectivity index (χ4v) is 2.90. The van der Waals surface area contributed by atoms with Crippen molar-refractivity contribution in [1.29, 1.82) is 0 Å². The van der Waals surface area contributed by atoms with Crippen molar-refractivity contribution in [1.82, 2.24) is 4.98 Å². The predicted octanol–water partition coefficient (Wildman–Crippen LogP) is 1.68. The number of carbonyl (C=O) groups is 1. The summed E-state index contributed by atoms with van der Waals surface area (Å²) in [5.74, 6) is -0.486. The van der Waals surface area contributed by atoms with Crippen LogP contribution in [-0.4, -0.2) is 16.3 Å². The van der Waals surface area contributed by atoms with Crippen LogP contribution in [0.4, 0.5) is 0 Å². The number of hydrogen-bond donors (Lipinski definition) is 3. The van der Waals surface area contributed by atoms with Crippen LogP contribution in [0.5, 0.6) is 0 Å². The lowest BCUT2D eigenvalue weighted by Gasteiger charge is -2.05. The molecule has 0 saturated carbocycles. The van der Waals surface area contributed by atoms with E-state index in [1.165, 1.54) is 0 Å². The second-order valence-electron chi connectivity index (χ2n) is 4.90. The highest BCUT2D eigenvalue weighted by Crippen LogP contribution is 2.31. The van der Waals surface area contributed by atoms with Gasteiger partial charge in [-0.25, -0.2) is 0 Å². The summed E-state index contributed by atoms with van der Waals surface area (Å²) in [7, 11) is 0. The fraction of sp³-hybridized carbons (Fsp3) is 0.133. The van der Waals surface area contributed by atoms with Crippen molar-refractivity contribution >= 4 is 39.4 Å². The van der Waals surface area contributed by atoms with Crippen LogP contribution in [0, 0.1) is 0 Å². The molecule has 0 fully saturated rings. The van der Waals surface area contributed by atoms with Crippen LogP contribution in [-0.2, 0) is 22.3 Å². The van der Waals surface area contributed by atoms with Gasteiger partial charge >= 0.3 is 11.7 Å². The standard InChI is InChI=1S/C15H13N3O2S/c16-12(21-20)7-8-5-6-10(15(17)19)14-13(8)9-3-1-2-4-11(9)18-14/h1-6,12H,7,16H2,(H2-,17,18,19)/p+1. The van der Waals surface area contributed by atoms with E-state index in [2.05, 4.69) is 4.98 Å².